The van der Waals surface area contributed by atoms with Gasteiger partial charge in [0, 0.05) is 25.4 Å². The summed E-state index contributed by atoms with van der Waals surface area (Å²) in [6.07, 6.45) is 4.33. The van der Waals surface area contributed by atoms with Crippen molar-refractivity contribution in [1.29, 1.82) is 0 Å². The first kappa shape index (κ1) is 17.7. The minimum Gasteiger partial charge on any atom is -0.352 e. The molecule has 28 heavy (non-hydrogen) atoms. The Labute approximate surface area is 161 Å². The minimum atomic E-state index is -0.386. The van der Waals surface area contributed by atoms with Crippen molar-refractivity contribution >= 4 is 17.7 Å². The Morgan fingerprint density at radius 1 is 1.04 bits per heavy atom. The lowest BCUT2D eigenvalue weighted by Gasteiger charge is -2.05. The van der Waals surface area contributed by atoms with Crippen LogP contribution in [0, 0.1) is 0 Å². The van der Waals surface area contributed by atoms with Crippen molar-refractivity contribution in [3.8, 4) is 5.69 Å². The predicted molar refractivity (Wildman–Crippen MR) is 102 cm³/mol. The highest BCUT2D eigenvalue weighted by molar-refractivity contribution is 6.21. The molecule has 7 nitrogen and oxygen atoms in total. The lowest BCUT2D eigenvalue weighted by atomic mass is 10.1. The van der Waals surface area contributed by atoms with E-state index < -0.39 is 0 Å². The van der Waals surface area contributed by atoms with Gasteiger partial charge in [-0.3, -0.25) is 19.3 Å². The first-order valence-corrected chi connectivity index (χ1v) is 8.88. The fraction of sp³-hybridized carbons (Fsp3) is 0.143. The zero-order chi connectivity index (χ0) is 19.7. The summed E-state index contributed by atoms with van der Waals surface area (Å²) >= 11 is 0. The van der Waals surface area contributed by atoms with E-state index >= 15 is 0 Å². The van der Waals surface area contributed by atoms with Crippen molar-refractivity contribution in [2.45, 2.75) is 6.42 Å². The van der Waals surface area contributed by atoms with Gasteiger partial charge in [-0.25, -0.2) is 4.68 Å². The molecule has 0 unspecified atom stereocenters. The van der Waals surface area contributed by atoms with E-state index in [1.807, 2.05) is 36.5 Å². The molecule has 0 bridgehead atoms. The van der Waals surface area contributed by atoms with Gasteiger partial charge in [0.1, 0.15) is 0 Å². The third kappa shape index (κ3) is 3.18. The molecular formula is C21H18N4O3. The van der Waals surface area contributed by atoms with Crippen molar-refractivity contribution in [3.05, 3.63) is 83.2 Å². The summed E-state index contributed by atoms with van der Waals surface area (Å²) in [6.45, 7) is 0.434. The molecule has 1 N–H and O–H groups in total. The van der Waals surface area contributed by atoms with Gasteiger partial charge in [0.15, 0.2) is 0 Å². The summed E-state index contributed by atoms with van der Waals surface area (Å²) in [5, 5.41) is 7.17. The van der Waals surface area contributed by atoms with Gasteiger partial charge >= 0.3 is 0 Å². The molecule has 0 fully saturated rings. The molecule has 3 aromatic rings. The van der Waals surface area contributed by atoms with E-state index in [2.05, 4.69) is 10.4 Å². The van der Waals surface area contributed by atoms with Crippen molar-refractivity contribution in [1.82, 2.24) is 20.0 Å². The maximum absolute atomic E-state index is 12.4. The summed E-state index contributed by atoms with van der Waals surface area (Å²) in [7, 11) is 1.43. The van der Waals surface area contributed by atoms with Crippen molar-refractivity contribution in [2.24, 2.45) is 0 Å². The number of carbonyl (C=O) groups is 3. The Balaban J connectivity index is 1.38. The van der Waals surface area contributed by atoms with Gasteiger partial charge in [-0.15, -0.1) is 0 Å². The second-order valence-corrected chi connectivity index (χ2v) is 6.56. The number of hydrogen-bond acceptors (Lipinski definition) is 4. The Hall–Kier alpha value is -3.74. The molecule has 4 rings (SSSR count). The second kappa shape index (κ2) is 7.11. The Bertz CT molecular complexity index is 1070. The van der Waals surface area contributed by atoms with Crippen LogP contribution in [0.2, 0.25) is 0 Å². The standard InChI is InChI=1S/C21H18N4O3/c1-24-20(27)17-8-7-15(11-18(17)21(24)28)19(26)22-10-9-14-12-23-25(13-14)16-5-3-2-4-6-16/h2-8,11-13H,9-10H2,1H3,(H,22,26). The van der Waals surface area contributed by atoms with Crippen LogP contribution in [0.25, 0.3) is 5.69 Å². The van der Waals surface area contributed by atoms with E-state index in [4.69, 9.17) is 0 Å². The second-order valence-electron chi connectivity index (χ2n) is 6.56. The smallest absolute Gasteiger partial charge is 0.261 e. The molecule has 0 saturated carbocycles. The van der Waals surface area contributed by atoms with Crippen molar-refractivity contribution < 1.29 is 14.4 Å². The number of amides is 3. The van der Waals surface area contributed by atoms with Gasteiger partial charge in [0.25, 0.3) is 17.7 Å². The van der Waals surface area contributed by atoms with Crippen molar-refractivity contribution in [3.63, 3.8) is 0 Å². The van der Waals surface area contributed by atoms with Crippen LogP contribution in [0.15, 0.2) is 60.9 Å². The number of para-hydroxylation sites is 1. The normalized spacial score (nSPS) is 13.0. The average Bonchev–Trinajstić information content (AvgIpc) is 3.28. The lowest BCUT2D eigenvalue weighted by Crippen LogP contribution is -2.26. The third-order valence-corrected chi connectivity index (χ3v) is 4.71. The summed E-state index contributed by atoms with van der Waals surface area (Å²) in [6, 6.07) is 14.3. The molecule has 2 heterocycles. The van der Waals surface area contributed by atoms with Crippen LogP contribution >= 0.6 is 0 Å². The highest BCUT2D eigenvalue weighted by atomic mass is 16.2. The van der Waals surface area contributed by atoms with Crippen LogP contribution in [-0.4, -0.2) is 46.0 Å². The zero-order valence-electron chi connectivity index (χ0n) is 15.3. The molecule has 7 heteroatoms. The first-order valence-electron chi connectivity index (χ1n) is 8.88. The zero-order valence-corrected chi connectivity index (χ0v) is 15.3. The van der Waals surface area contributed by atoms with E-state index in [1.54, 1.807) is 16.9 Å². The molecule has 0 radical (unpaired) electrons. The number of hydrogen-bond donors (Lipinski definition) is 1. The number of rotatable bonds is 5. The van der Waals surface area contributed by atoms with E-state index in [0.717, 1.165) is 16.2 Å². The average molecular weight is 374 g/mol. The van der Waals surface area contributed by atoms with Crippen molar-refractivity contribution in [2.75, 3.05) is 13.6 Å². The van der Waals surface area contributed by atoms with Crippen LogP contribution in [-0.2, 0) is 6.42 Å². The molecule has 0 aliphatic carbocycles. The molecule has 1 aliphatic heterocycles. The molecule has 0 atom stereocenters. The topological polar surface area (TPSA) is 84.3 Å². The lowest BCUT2D eigenvalue weighted by molar-refractivity contribution is 0.0693. The Morgan fingerprint density at radius 2 is 1.79 bits per heavy atom. The van der Waals surface area contributed by atoms with Gasteiger partial charge in [0.05, 0.1) is 23.0 Å². The molecule has 1 aliphatic rings. The summed E-state index contributed by atoms with van der Waals surface area (Å²) in [5.41, 5.74) is 2.93. The quantitative estimate of drug-likeness (QED) is 0.693. The molecular weight excluding hydrogens is 356 g/mol. The van der Waals surface area contributed by atoms with Gasteiger partial charge < -0.3 is 5.32 Å². The fourth-order valence-corrected chi connectivity index (χ4v) is 3.14. The highest BCUT2D eigenvalue weighted by Crippen LogP contribution is 2.22. The monoisotopic (exact) mass is 374 g/mol. The Morgan fingerprint density at radius 3 is 2.57 bits per heavy atom. The molecule has 1 aromatic heterocycles. The van der Waals surface area contributed by atoms with Crippen LogP contribution in [0.1, 0.15) is 36.6 Å². The van der Waals surface area contributed by atoms with Gasteiger partial charge in [-0.2, -0.15) is 5.10 Å². The van der Waals surface area contributed by atoms with E-state index in [1.165, 1.54) is 19.2 Å². The Kier molecular flexibility index (Phi) is 4.49. The summed E-state index contributed by atoms with van der Waals surface area (Å²) in [5.74, 6) is -1.02. The van der Waals surface area contributed by atoms with E-state index in [9.17, 15) is 14.4 Å². The van der Waals surface area contributed by atoms with Gasteiger partial charge in [-0.05, 0) is 42.3 Å². The van der Waals surface area contributed by atoms with Crippen LogP contribution in [0.5, 0.6) is 0 Å². The van der Waals surface area contributed by atoms with Gasteiger partial charge in [-0.1, -0.05) is 18.2 Å². The van der Waals surface area contributed by atoms with Crippen LogP contribution in [0.3, 0.4) is 0 Å². The maximum atomic E-state index is 12.4. The number of carbonyl (C=O) groups excluding carboxylic acids is 3. The largest absolute Gasteiger partial charge is 0.352 e. The molecule has 2 aromatic carbocycles. The van der Waals surface area contributed by atoms with Crippen LogP contribution in [0.4, 0.5) is 0 Å². The van der Waals surface area contributed by atoms with E-state index in [-0.39, 0.29) is 23.3 Å². The number of nitrogens with one attached hydrogen (secondary N) is 1. The highest BCUT2D eigenvalue weighted by Gasteiger charge is 2.33. The minimum absolute atomic E-state index is 0.268. The number of nitrogens with zero attached hydrogens (tertiary/aromatic N) is 3. The van der Waals surface area contributed by atoms with Crippen LogP contribution < -0.4 is 5.32 Å². The van der Waals surface area contributed by atoms with Gasteiger partial charge in [0.2, 0.25) is 0 Å². The molecule has 0 spiro atoms. The first-order chi connectivity index (χ1) is 13.5. The summed E-state index contributed by atoms with van der Waals surface area (Å²) in [4.78, 5) is 37.4. The molecule has 140 valence electrons. The fourth-order valence-electron chi connectivity index (χ4n) is 3.14. The number of imide groups is 1. The molecule has 0 saturated heterocycles. The number of aromatic nitrogens is 2. The third-order valence-electron chi connectivity index (χ3n) is 4.71. The maximum Gasteiger partial charge on any atom is 0.261 e. The SMILES string of the molecule is CN1C(=O)c2ccc(C(=O)NCCc3cnn(-c4ccccc4)c3)cc2C1=O. The number of benzene rings is 2. The van der Waals surface area contributed by atoms with E-state index in [0.29, 0.717) is 24.1 Å². The number of fused-ring (bicyclic) bond motifs is 1. The molecule has 3 amide bonds. The predicted octanol–water partition coefficient (Wildman–Crippen LogP) is 2.07. The summed E-state index contributed by atoms with van der Waals surface area (Å²) < 4.78 is 1.79.